The topological polar surface area (TPSA) is 102 Å². The van der Waals surface area contributed by atoms with Crippen LogP contribution in [0.3, 0.4) is 0 Å². The molecule has 194 valence electrons. The molecule has 1 saturated heterocycles. The number of amides is 1. The van der Waals surface area contributed by atoms with Gasteiger partial charge < -0.3 is 21.1 Å². The molecule has 1 aromatic carbocycles. The van der Waals surface area contributed by atoms with Gasteiger partial charge in [-0.2, -0.15) is 17.5 Å². The van der Waals surface area contributed by atoms with Gasteiger partial charge >= 0.3 is 6.18 Å². The highest BCUT2D eigenvalue weighted by atomic mass is 35.5. The monoisotopic (exact) mass is 549 g/mol. The summed E-state index contributed by atoms with van der Waals surface area (Å²) in [6.45, 7) is 2.17. The maximum atomic E-state index is 14.3. The van der Waals surface area contributed by atoms with E-state index in [1.807, 2.05) is 0 Å². The molecule has 0 bridgehead atoms. The van der Waals surface area contributed by atoms with Crippen LogP contribution in [0.25, 0.3) is 11.3 Å². The first-order valence-corrected chi connectivity index (χ1v) is 11.3. The fourth-order valence-electron chi connectivity index (χ4n) is 3.68. The number of ether oxygens (including phenoxy) is 1. The summed E-state index contributed by atoms with van der Waals surface area (Å²) < 4.78 is 79.3. The molecule has 7 nitrogen and oxygen atoms in total. The minimum atomic E-state index is -5.03. The quantitative estimate of drug-likeness (QED) is 0.368. The van der Waals surface area contributed by atoms with Gasteiger partial charge in [0.2, 0.25) is 5.06 Å². The maximum Gasteiger partial charge on any atom is 0.418 e. The van der Waals surface area contributed by atoms with E-state index >= 15 is 0 Å². The molecular weight excluding hydrogens is 529 g/mol. The smallest absolute Gasteiger partial charge is 0.418 e. The van der Waals surface area contributed by atoms with E-state index in [0.29, 0.717) is 23.7 Å². The molecule has 0 saturated carbocycles. The number of anilines is 2. The van der Waals surface area contributed by atoms with Gasteiger partial charge in [0.05, 0.1) is 35.3 Å². The van der Waals surface area contributed by atoms with Crippen LogP contribution in [0, 0.1) is 17.6 Å². The first-order valence-electron chi connectivity index (χ1n) is 10.6. The number of alkyl halides is 3. The number of rotatable bonds is 6. The molecule has 1 aliphatic heterocycles. The van der Waals surface area contributed by atoms with Gasteiger partial charge in [-0.15, -0.1) is 12.4 Å². The number of nitrogen functional groups attached to an aromatic ring is 1. The number of pyridine rings is 1. The highest BCUT2D eigenvalue weighted by Crippen LogP contribution is 2.40. The summed E-state index contributed by atoms with van der Waals surface area (Å²) in [6.07, 6.45) is -1.85. The summed E-state index contributed by atoms with van der Waals surface area (Å²) >= 11 is 0.987. The number of aromatic nitrogens is 2. The number of hydrogen-bond acceptors (Lipinski definition) is 7. The van der Waals surface area contributed by atoms with Crippen molar-refractivity contribution in [2.45, 2.75) is 19.0 Å². The van der Waals surface area contributed by atoms with Crippen LogP contribution in [-0.4, -0.2) is 35.0 Å². The van der Waals surface area contributed by atoms with Crippen molar-refractivity contribution < 1.29 is 31.5 Å². The number of nitrogens with one attached hydrogen (secondary N) is 2. The molecule has 4 rings (SSSR count). The Hall–Kier alpha value is -3.03. The second-order valence-corrected chi connectivity index (χ2v) is 8.67. The van der Waals surface area contributed by atoms with Gasteiger partial charge in [0, 0.05) is 11.5 Å². The second kappa shape index (κ2) is 11.4. The van der Waals surface area contributed by atoms with Gasteiger partial charge in [0.25, 0.3) is 5.91 Å². The van der Waals surface area contributed by atoms with Crippen LogP contribution in [-0.2, 0) is 6.18 Å². The van der Waals surface area contributed by atoms with Gasteiger partial charge in [-0.1, -0.05) is 6.07 Å². The van der Waals surface area contributed by atoms with Crippen molar-refractivity contribution in [3.63, 3.8) is 0 Å². The first kappa shape index (κ1) is 27.6. The molecule has 0 unspecified atom stereocenters. The number of carbonyl (C=O) groups is 1. The Morgan fingerprint density at radius 1 is 1.22 bits per heavy atom. The van der Waals surface area contributed by atoms with Crippen LogP contribution in [0.5, 0.6) is 5.06 Å². The van der Waals surface area contributed by atoms with Crippen LogP contribution in [0.1, 0.15) is 28.9 Å². The van der Waals surface area contributed by atoms with Gasteiger partial charge in [-0.25, -0.2) is 13.8 Å². The summed E-state index contributed by atoms with van der Waals surface area (Å²) in [5.74, 6) is -3.20. The van der Waals surface area contributed by atoms with Gasteiger partial charge in [-0.05, 0) is 50.0 Å². The third kappa shape index (κ3) is 6.02. The zero-order chi connectivity index (χ0) is 25.2. The molecule has 1 fully saturated rings. The molecule has 0 spiro atoms. The van der Waals surface area contributed by atoms with E-state index in [4.69, 9.17) is 10.5 Å². The zero-order valence-electron chi connectivity index (χ0n) is 18.5. The van der Waals surface area contributed by atoms with E-state index in [9.17, 15) is 26.7 Å². The number of benzene rings is 1. The number of nitrogens with zero attached hydrogens (tertiary/aromatic N) is 2. The minimum Gasteiger partial charge on any atom is -0.481 e. The summed E-state index contributed by atoms with van der Waals surface area (Å²) in [5, 5.41) is 6.02. The van der Waals surface area contributed by atoms with Crippen molar-refractivity contribution in [1.82, 2.24) is 14.7 Å². The molecule has 0 aliphatic carbocycles. The summed E-state index contributed by atoms with van der Waals surface area (Å²) in [4.78, 5) is 16.6. The van der Waals surface area contributed by atoms with E-state index in [2.05, 4.69) is 20.0 Å². The molecular formula is C22H21ClF5N5O2S. The average molecular weight is 550 g/mol. The first-order chi connectivity index (χ1) is 16.6. The lowest BCUT2D eigenvalue weighted by Crippen LogP contribution is -2.30. The lowest BCUT2D eigenvalue weighted by molar-refractivity contribution is -0.137. The molecule has 0 radical (unpaired) electrons. The third-order valence-electron chi connectivity index (χ3n) is 5.47. The molecule has 3 aromatic rings. The normalized spacial score (nSPS) is 14.2. The van der Waals surface area contributed by atoms with Crippen molar-refractivity contribution >= 4 is 41.2 Å². The van der Waals surface area contributed by atoms with E-state index in [1.165, 1.54) is 6.20 Å². The number of carbonyl (C=O) groups excluding carboxylic acids is 1. The van der Waals surface area contributed by atoms with Crippen LogP contribution in [0.4, 0.5) is 33.3 Å². The number of nitrogens with two attached hydrogens (primary N) is 1. The lowest BCUT2D eigenvalue weighted by Gasteiger charge is -2.22. The summed E-state index contributed by atoms with van der Waals surface area (Å²) in [5.41, 5.74) is 1.06. The number of halogens is 6. The lowest BCUT2D eigenvalue weighted by atomic mass is 9.99. The van der Waals surface area contributed by atoms with Gasteiger partial charge in [-0.3, -0.25) is 4.79 Å². The SMILES string of the molecule is Cl.Nc1cc(C(F)(F)F)c(-c2c(F)cccc2F)nc1C(=O)Nc1cnsc1OCC1CCNCC1. The fraction of sp³-hybridized carbons (Fsp3) is 0.318. The molecule has 4 N–H and O–H groups in total. The molecule has 3 heterocycles. The second-order valence-electron chi connectivity index (χ2n) is 7.90. The Kier molecular flexibility index (Phi) is 8.69. The Morgan fingerprint density at radius 2 is 1.89 bits per heavy atom. The maximum absolute atomic E-state index is 14.3. The predicted octanol–water partition coefficient (Wildman–Crippen LogP) is 5.14. The van der Waals surface area contributed by atoms with E-state index < -0.39 is 51.9 Å². The Balaban J connectivity index is 0.00000361. The van der Waals surface area contributed by atoms with Crippen LogP contribution < -0.4 is 21.1 Å². The van der Waals surface area contributed by atoms with Crippen LogP contribution in [0.15, 0.2) is 30.5 Å². The van der Waals surface area contributed by atoms with Crippen molar-refractivity contribution in [3.8, 4) is 16.3 Å². The van der Waals surface area contributed by atoms with Crippen molar-refractivity contribution in [1.29, 1.82) is 0 Å². The molecule has 2 aromatic heterocycles. The fourth-order valence-corrected chi connectivity index (χ4v) is 4.26. The van der Waals surface area contributed by atoms with Gasteiger partial charge in [0.1, 0.15) is 17.3 Å². The highest BCUT2D eigenvalue weighted by Gasteiger charge is 2.37. The third-order valence-corrected chi connectivity index (χ3v) is 6.18. The van der Waals surface area contributed by atoms with E-state index in [0.717, 1.165) is 55.7 Å². The number of hydrogen-bond donors (Lipinski definition) is 3. The standard InChI is InChI=1S/C22H20F5N5O2S.ClH/c23-13-2-1-3-14(24)17(13)18-12(22(25,26)27)8-15(28)19(32-18)20(33)31-16-9-30-35-21(16)34-10-11-4-6-29-7-5-11;/h1-3,8-9,11,29H,4-7,10,28H2,(H,31,33);1H. The highest BCUT2D eigenvalue weighted by molar-refractivity contribution is 7.08. The van der Waals surface area contributed by atoms with E-state index in [-0.39, 0.29) is 18.1 Å². The average Bonchev–Trinajstić information content (AvgIpc) is 3.25. The van der Waals surface area contributed by atoms with Crippen LogP contribution in [0.2, 0.25) is 0 Å². The molecule has 0 atom stereocenters. The summed E-state index contributed by atoms with van der Waals surface area (Å²) in [6, 6.07) is 3.02. The van der Waals surface area contributed by atoms with Gasteiger partial charge in [0.15, 0.2) is 5.69 Å². The largest absolute Gasteiger partial charge is 0.481 e. The number of piperidine rings is 1. The van der Waals surface area contributed by atoms with Crippen molar-refractivity contribution in [2.24, 2.45) is 5.92 Å². The molecule has 1 aliphatic rings. The minimum absolute atomic E-state index is 0. The molecule has 14 heteroatoms. The predicted molar refractivity (Wildman–Crippen MR) is 127 cm³/mol. The zero-order valence-corrected chi connectivity index (χ0v) is 20.1. The summed E-state index contributed by atoms with van der Waals surface area (Å²) in [7, 11) is 0. The molecule has 36 heavy (non-hydrogen) atoms. The Labute approximate surface area is 212 Å². The van der Waals surface area contributed by atoms with E-state index in [1.54, 1.807) is 0 Å². The van der Waals surface area contributed by atoms with Crippen molar-refractivity contribution in [3.05, 3.63) is 53.4 Å². The Bertz CT molecular complexity index is 1210. The Morgan fingerprint density at radius 3 is 2.53 bits per heavy atom. The van der Waals surface area contributed by atoms with Crippen LogP contribution >= 0.6 is 23.9 Å². The van der Waals surface area contributed by atoms with Crippen molar-refractivity contribution in [2.75, 3.05) is 30.7 Å². The molecule has 1 amide bonds.